The number of hydrogen-bond acceptors (Lipinski definition) is 5. The molecule has 0 unspecified atom stereocenters. The van der Waals surface area contributed by atoms with Crippen molar-refractivity contribution in [3.05, 3.63) is 0 Å². The summed E-state index contributed by atoms with van der Waals surface area (Å²) in [7, 11) is 0. The van der Waals surface area contributed by atoms with E-state index >= 15 is 0 Å². The fraction of sp³-hybridized carbons (Fsp3) is 1.00. The average molecular weight is 242 g/mol. The monoisotopic (exact) mass is 242 g/mol. The van der Waals surface area contributed by atoms with Crippen LogP contribution in [-0.2, 0) is 9.47 Å². The molecule has 0 amide bonds. The fourth-order valence-corrected chi connectivity index (χ4v) is 1.60. The van der Waals surface area contributed by atoms with Crippen molar-refractivity contribution >= 4 is 37.0 Å². The molecule has 0 aliphatic heterocycles. The van der Waals surface area contributed by atoms with Gasteiger partial charge in [0, 0.05) is 23.0 Å². The molecular formula is C8H18O2S3. The first-order chi connectivity index (χ1) is 6.41. The van der Waals surface area contributed by atoms with Crippen molar-refractivity contribution in [1.82, 2.24) is 0 Å². The molecule has 0 heterocycles. The van der Waals surface area contributed by atoms with Gasteiger partial charge in [-0.1, -0.05) is 0 Å². The standard InChI is InChI=1S/C8H18O2S3/c11-5-1-9-3-7-13-8-4-10-2-6-12/h11-12H,1-8H2. The molecule has 0 aromatic heterocycles. The smallest absolute Gasteiger partial charge is 0.0557 e. The maximum Gasteiger partial charge on any atom is 0.0557 e. The molecule has 0 atom stereocenters. The summed E-state index contributed by atoms with van der Waals surface area (Å²) in [6, 6.07) is 0. The van der Waals surface area contributed by atoms with Crippen LogP contribution >= 0.6 is 37.0 Å². The first-order valence-corrected chi connectivity index (χ1v) is 6.78. The maximum absolute atomic E-state index is 5.26. The van der Waals surface area contributed by atoms with Crippen molar-refractivity contribution in [2.45, 2.75) is 0 Å². The van der Waals surface area contributed by atoms with Gasteiger partial charge in [-0.2, -0.15) is 37.0 Å². The highest BCUT2D eigenvalue weighted by Gasteiger charge is 1.90. The van der Waals surface area contributed by atoms with Gasteiger partial charge < -0.3 is 9.47 Å². The summed E-state index contributed by atoms with van der Waals surface area (Å²) in [5.41, 5.74) is 0. The first-order valence-electron chi connectivity index (χ1n) is 4.36. The Balaban J connectivity index is 2.76. The molecule has 5 heteroatoms. The zero-order valence-electron chi connectivity index (χ0n) is 7.78. The predicted octanol–water partition coefficient (Wildman–Crippen LogP) is 1.61. The summed E-state index contributed by atoms with van der Waals surface area (Å²) < 4.78 is 10.5. The van der Waals surface area contributed by atoms with Crippen LogP contribution in [0, 0.1) is 0 Å². The number of thioether (sulfide) groups is 1. The molecule has 0 radical (unpaired) electrons. The molecule has 0 rings (SSSR count). The maximum atomic E-state index is 5.26. The molecular weight excluding hydrogens is 224 g/mol. The molecule has 2 nitrogen and oxygen atoms in total. The van der Waals surface area contributed by atoms with Crippen molar-refractivity contribution in [3.63, 3.8) is 0 Å². The molecule has 0 spiro atoms. The number of hydrogen-bond donors (Lipinski definition) is 2. The van der Waals surface area contributed by atoms with Gasteiger partial charge in [0.25, 0.3) is 0 Å². The van der Waals surface area contributed by atoms with Gasteiger partial charge in [0.05, 0.1) is 26.4 Å². The minimum absolute atomic E-state index is 0.750. The average Bonchev–Trinajstić information content (AvgIpc) is 2.16. The molecule has 0 fully saturated rings. The second-order valence-corrected chi connectivity index (χ2v) is 4.40. The molecule has 0 saturated heterocycles. The van der Waals surface area contributed by atoms with E-state index in [1.807, 2.05) is 11.8 Å². The Hall–Kier alpha value is 0.970. The Kier molecular flexibility index (Phi) is 13.9. The summed E-state index contributed by atoms with van der Waals surface area (Å²) in [6.45, 7) is 3.13. The van der Waals surface area contributed by atoms with E-state index in [1.54, 1.807) is 0 Å². The van der Waals surface area contributed by atoms with Crippen LogP contribution in [0.15, 0.2) is 0 Å². The van der Waals surface area contributed by atoms with E-state index in [4.69, 9.17) is 9.47 Å². The molecule has 80 valence electrons. The van der Waals surface area contributed by atoms with Gasteiger partial charge in [-0.25, -0.2) is 0 Å². The van der Waals surface area contributed by atoms with Crippen molar-refractivity contribution in [3.8, 4) is 0 Å². The third-order valence-electron chi connectivity index (χ3n) is 1.22. The Bertz CT molecular complexity index is 83.5. The van der Waals surface area contributed by atoms with Crippen LogP contribution in [0.3, 0.4) is 0 Å². The minimum Gasteiger partial charge on any atom is -0.380 e. The highest BCUT2D eigenvalue weighted by Crippen LogP contribution is 1.99. The van der Waals surface area contributed by atoms with Crippen LogP contribution in [0.5, 0.6) is 0 Å². The number of rotatable bonds is 10. The van der Waals surface area contributed by atoms with E-state index in [-0.39, 0.29) is 0 Å². The second kappa shape index (κ2) is 13.0. The lowest BCUT2D eigenvalue weighted by molar-refractivity contribution is 0.164. The van der Waals surface area contributed by atoms with E-state index in [0.29, 0.717) is 0 Å². The van der Waals surface area contributed by atoms with Gasteiger partial charge in [0.15, 0.2) is 0 Å². The van der Waals surface area contributed by atoms with E-state index in [1.165, 1.54) is 0 Å². The van der Waals surface area contributed by atoms with Crippen LogP contribution < -0.4 is 0 Å². The summed E-state index contributed by atoms with van der Waals surface area (Å²) >= 11 is 9.94. The Morgan fingerprint density at radius 2 is 1.23 bits per heavy atom. The molecule has 0 N–H and O–H groups in total. The minimum atomic E-state index is 0.750. The Morgan fingerprint density at radius 1 is 0.769 bits per heavy atom. The summed E-state index contributed by atoms with van der Waals surface area (Å²) in [6.07, 6.45) is 0. The summed E-state index contributed by atoms with van der Waals surface area (Å²) in [5, 5.41) is 0. The number of ether oxygens (including phenoxy) is 2. The molecule has 0 aliphatic rings. The van der Waals surface area contributed by atoms with Gasteiger partial charge in [-0.05, 0) is 0 Å². The van der Waals surface area contributed by atoms with Gasteiger partial charge in [-0.3, -0.25) is 0 Å². The predicted molar refractivity (Wildman–Crippen MR) is 66.7 cm³/mol. The van der Waals surface area contributed by atoms with E-state index in [9.17, 15) is 0 Å². The zero-order chi connectivity index (χ0) is 9.78. The third kappa shape index (κ3) is 13.0. The molecule has 0 aliphatic carbocycles. The van der Waals surface area contributed by atoms with E-state index < -0.39 is 0 Å². The largest absolute Gasteiger partial charge is 0.380 e. The van der Waals surface area contributed by atoms with Crippen LogP contribution in [-0.4, -0.2) is 49.4 Å². The quantitative estimate of drug-likeness (QED) is 0.448. The van der Waals surface area contributed by atoms with Crippen molar-refractivity contribution in [2.24, 2.45) is 0 Å². The second-order valence-electron chi connectivity index (χ2n) is 2.28. The number of thiol groups is 2. The van der Waals surface area contributed by atoms with Crippen molar-refractivity contribution in [1.29, 1.82) is 0 Å². The van der Waals surface area contributed by atoms with E-state index in [2.05, 4.69) is 25.3 Å². The first kappa shape index (κ1) is 14.0. The van der Waals surface area contributed by atoms with E-state index in [0.717, 1.165) is 49.4 Å². The molecule has 0 aromatic carbocycles. The molecule has 13 heavy (non-hydrogen) atoms. The van der Waals surface area contributed by atoms with Crippen LogP contribution in [0.1, 0.15) is 0 Å². The SMILES string of the molecule is SCCOCCSCCOCCS. The van der Waals surface area contributed by atoms with Gasteiger partial charge >= 0.3 is 0 Å². The van der Waals surface area contributed by atoms with Crippen LogP contribution in [0.25, 0.3) is 0 Å². The van der Waals surface area contributed by atoms with Crippen LogP contribution in [0.4, 0.5) is 0 Å². The van der Waals surface area contributed by atoms with Crippen molar-refractivity contribution in [2.75, 3.05) is 49.4 Å². The fourth-order valence-electron chi connectivity index (χ4n) is 0.671. The summed E-state index contributed by atoms with van der Waals surface area (Å²) in [5.74, 6) is 3.68. The van der Waals surface area contributed by atoms with Crippen molar-refractivity contribution < 1.29 is 9.47 Å². The molecule has 0 bridgehead atoms. The lowest BCUT2D eigenvalue weighted by Crippen LogP contribution is -2.03. The third-order valence-corrected chi connectivity index (χ3v) is 2.49. The normalized spacial score (nSPS) is 10.6. The highest BCUT2D eigenvalue weighted by molar-refractivity contribution is 7.99. The van der Waals surface area contributed by atoms with Crippen LogP contribution in [0.2, 0.25) is 0 Å². The lowest BCUT2D eigenvalue weighted by Gasteiger charge is -2.03. The van der Waals surface area contributed by atoms with Gasteiger partial charge in [-0.15, -0.1) is 0 Å². The topological polar surface area (TPSA) is 18.5 Å². The molecule has 0 saturated carbocycles. The zero-order valence-corrected chi connectivity index (χ0v) is 10.4. The Labute approximate surface area is 96.0 Å². The van der Waals surface area contributed by atoms with Gasteiger partial charge in [0.1, 0.15) is 0 Å². The van der Waals surface area contributed by atoms with Gasteiger partial charge in [0.2, 0.25) is 0 Å². The summed E-state index contributed by atoms with van der Waals surface area (Å²) in [4.78, 5) is 0. The lowest BCUT2D eigenvalue weighted by atomic mass is 10.8. The Morgan fingerprint density at radius 3 is 1.62 bits per heavy atom. The molecule has 0 aromatic rings. The highest BCUT2D eigenvalue weighted by atomic mass is 32.2.